The van der Waals surface area contributed by atoms with Crippen molar-refractivity contribution in [3.63, 3.8) is 0 Å². The maximum absolute atomic E-state index is 4.49. The van der Waals surface area contributed by atoms with E-state index in [0.29, 0.717) is 6.04 Å². The molecule has 2 aromatic rings. The Bertz CT molecular complexity index is 583. The van der Waals surface area contributed by atoms with Gasteiger partial charge in [0.25, 0.3) is 0 Å². The Morgan fingerprint density at radius 2 is 2.00 bits per heavy atom. The summed E-state index contributed by atoms with van der Waals surface area (Å²) in [6, 6.07) is 0.414. The zero-order valence-electron chi connectivity index (χ0n) is 13.7. The van der Waals surface area contributed by atoms with E-state index in [9.17, 15) is 0 Å². The summed E-state index contributed by atoms with van der Waals surface area (Å²) in [6.07, 6.45) is 4.64. The van der Waals surface area contributed by atoms with Crippen LogP contribution < -0.4 is 5.32 Å². The molecule has 0 aliphatic carbocycles. The molecule has 1 unspecified atom stereocenters. The summed E-state index contributed by atoms with van der Waals surface area (Å²) in [5, 5.41) is 12.2. The molecule has 0 amide bonds. The fourth-order valence-electron chi connectivity index (χ4n) is 2.79. The highest BCUT2D eigenvalue weighted by Gasteiger charge is 2.15. The van der Waals surface area contributed by atoms with Crippen LogP contribution in [0.3, 0.4) is 0 Å². The molecular weight excluding hydrogens is 264 g/mol. The number of aryl methyl sites for hydroxylation is 3. The van der Waals surface area contributed by atoms with Gasteiger partial charge in [0, 0.05) is 32.3 Å². The van der Waals surface area contributed by atoms with E-state index >= 15 is 0 Å². The molecule has 0 aromatic carbocycles. The minimum absolute atomic E-state index is 0.414. The first-order valence-electron chi connectivity index (χ1n) is 7.58. The van der Waals surface area contributed by atoms with Gasteiger partial charge in [-0.25, -0.2) is 4.98 Å². The molecule has 0 radical (unpaired) electrons. The second kappa shape index (κ2) is 6.85. The minimum atomic E-state index is 0.414. The van der Waals surface area contributed by atoms with Gasteiger partial charge in [-0.15, -0.1) is 0 Å². The molecule has 0 saturated heterocycles. The third-order valence-electron chi connectivity index (χ3n) is 4.13. The predicted octanol–water partition coefficient (Wildman–Crippen LogP) is 1.32. The first kappa shape index (κ1) is 15.7. The number of nitrogens with zero attached hydrogens (tertiary/aromatic N) is 5. The van der Waals surface area contributed by atoms with Crippen molar-refractivity contribution in [3.8, 4) is 0 Å². The number of hydrogen-bond donors (Lipinski definition) is 1. The molecule has 0 aliphatic rings. The highest BCUT2D eigenvalue weighted by molar-refractivity contribution is 5.24. The van der Waals surface area contributed by atoms with E-state index in [1.54, 1.807) is 6.33 Å². The van der Waals surface area contributed by atoms with Crippen LogP contribution in [0.5, 0.6) is 0 Å². The molecular formula is C15H26N6. The van der Waals surface area contributed by atoms with Crippen LogP contribution >= 0.6 is 0 Å². The average Bonchev–Trinajstić information content (AvgIpc) is 2.93. The van der Waals surface area contributed by atoms with Crippen LogP contribution in [0.15, 0.2) is 6.33 Å². The molecule has 2 aromatic heterocycles. The van der Waals surface area contributed by atoms with E-state index in [2.05, 4.69) is 41.3 Å². The topological polar surface area (TPSA) is 60.6 Å². The highest BCUT2D eigenvalue weighted by atomic mass is 15.3. The van der Waals surface area contributed by atoms with Crippen LogP contribution in [0.4, 0.5) is 0 Å². The first-order valence-corrected chi connectivity index (χ1v) is 7.58. The molecule has 0 bridgehead atoms. The Morgan fingerprint density at radius 1 is 1.24 bits per heavy atom. The smallest absolute Gasteiger partial charge is 0.138 e. The second-order valence-corrected chi connectivity index (χ2v) is 5.57. The standard InChI is InChI=1S/C15H26N6/c1-6-16-13(9-15-17-10-18-21(15)5)7-8-14-11(2)19-20(4)12(14)3/h10,13,16H,6-9H2,1-5H3. The molecule has 2 rings (SSSR count). The van der Waals surface area contributed by atoms with E-state index in [-0.39, 0.29) is 0 Å². The molecule has 1 atom stereocenters. The maximum Gasteiger partial charge on any atom is 0.138 e. The molecule has 116 valence electrons. The van der Waals surface area contributed by atoms with Crippen LogP contribution in [-0.2, 0) is 26.9 Å². The molecule has 0 saturated carbocycles. The van der Waals surface area contributed by atoms with Crippen molar-refractivity contribution in [3.05, 3.63) is 29.1 Å². The van der Waals surface area contributed by atoms with Gasteiger partial charge in [-0.1, -0.05) is 6.92 Å². The van der Waals surface area contributed by atoms with E-state index in [1.807, 2.05) is 23.5 Å². The van der Waals surface area contributed by atoms with E-state index in [1.165, 1.54) is 11.3 Å². The summed E-state index contributed by atoms with van der Waals surface area (Å²) in [5.74, 6) is 1.03. The molecule has 1 N–H and O–H groups in total. The van der Waals surface area contributed by atoms with E-state index < -0.39 is 0 Å². The summed E-state index contributed by atoms with van der Waals surface area (Å²) < 4.78 is 3.82. The molecule has 0 fully saturated rings. The molecule has 6 nitrogen and oxygen atoms in total. The van der Waals surface area contributed by atoms with Gasteiger partial charge in [0.1, 0.15) is 12.2 Å². The van der Waals surface area contributed by atoms with E-state index in [4.69, 9.17) is 0 Å². The average molecular weight is 290 g/mol. The number of aromatic nitrogens is 5. The monoisotopic (exact) mass is 290 g/mol. The molecule has 2 heterocycles. The summed E-state index contributed by atoms with van der Waals surface area (Å²) in [7, 11) is 3.95. The van der Waals surface area contributed by atoms with Crippen molar-refractivity contribution in [2.45, 2.75) is 46.1 Å². The van der Waals surface area contributed by atoms with E-state index in [0.717, 1.165) is 37.3 Å². The fourth-order valence-corrected chi connectivity index (χ4v) is 2.79. The first-order chi connectivity index (χ1) is 10.0. The third kappa shape index (κ3) is 3.69. The van der Waals surface area contributed by atoms with Gasteiger partial charge >= 0.3 is 0 Å². The van der Waals surface area contributed by atoms with Crippen LogP contribution in [0.1, 0.15) is 36.1 Å². The lowest BCUT2D eigenvalue weighted by atomic mass is 10.0. The normalized spacial score (nSPS) is 12.8. The third-order valence-corrected chi connectivity index (χ3v) is 4.13. The lowest BCUT2D eigenvalue weighted by Gasteiger charge is -2.17. The summed E-state index contributed by atoms with van der Waals surface area (Å²) in [4.78, 5) is 4.33. The van der Waals surface area contributed by atoms with Crippen LogP contribution in [-0.4, -0.2) is 37.1 Å². The second-order valence-electron chi connectivity index (χ2n) is 5.57. The van der Waals surface area contributed by atoms with Gasteiger partial charge in [0.2, 0.25) is 0 Å². The Hall–Kier alpha value is -1.69. The fraction of sp³-hybridized carbons (Fsp3) is 0.667. The van der Waals surface area contributed by atoms with Crippen molar-refractivity contribution in [2.75, 3.05) is 6.54 Å². The van der Waals surface area contributed by atoms with Gasteiger partial charge in [0.05, 0.1) is 5.69 Å². The van der Waals surface area contributed by atoms with Crippen molar-refractivity contribution in [1.29, 1.82) is 0 Å². The predicted molar refractivity (Wildman–Crippen MR) is 83.2 cm³/mol. The van der Waals surface area contributed by atoms with Gasteiger partial charge in [-0.05, 0) is 38.8 Å². The summed E-state index contributed by atoms with van der Waals surface area (Å²) in [6.45, 7) is 7.34. The van der Waals surface area contributed by atoms with Crippen molar-refractivity contribution < 1.29 is 0 Å². The number of likely N-dealkylation sites (N-methyl/N-ethyl adjacent to an activating group) is 1. The van der Waals surface area contributed by atoms with Gasteiger partial charge in [-0.2, -0.15) is 10.2 Å². The van der Waals surface area contributed by atoms with Crippen molar-refractivity contribution >= 4 is 0 Å². The van der Waals surface area contributed by atoms with Crippen molar-refractivity contribution in [1.82, 2.24) is 29.9 Å². The molecule has 21 heavy (non-hydrogen) atoms. The van der Waals surface area contributed by atoms with Gasteiger partial charge in [-0.3, -0.25) is 9.36 Å². The quantitative estimate of drug-likeness (QED) is 0.835. The zero-order chi connectivity index (χ0) is 15.4. The Balaban J connectivity index is 2.01. The lowest BCUT2D eigenvalue weighted by molar-refractivity contribution is 0.472. The maximum atomic E-state index is 4.49. The zero-order valence-corrected chi connectivity index (χ0v) is 13.7. The number of rotatable bonds is 7. The Morgan fingerprint density at radius 3 is 2.52 bits per heavy atom. The minimum Gasteiger partial charge on any atom is -0.314 e. The summed E-state index contributed by atoms with van der Waals surface area (Å²) >= 11 is 0. The Labute approximate surface area is 126 Å². The molecule has 6 heteroatoms. The lowest BCUT2D eigenvalue weighted by Crippen LogP contribution is -2.32. The number of nitrogens with one attached hydrogen (secondary N) is 1. The largest absolute Gasteiger partial charge is 0.314 e. The SMILES string of the molecule is CCNC(CCc1c(C)nn(C)c1C)Cc1ncnn1C. The van der Waals surface area contributed by atoms with Crippen LogP contribution in [0.25, 0.3) is 0 Å². The van der Waals surface area contributed by atoms with Crippen LogP contribution in [0.2, 0.25) is 0 Å². The van der Waals surface area contributed by atoms with Crippen molar-refractivity contribution in [2.24, 2.45) is 14.1 Å². The van der Waals surface area contributed by atoms with Crippen LogP contribution in [0, 0.1) is 13.8 Å². The highest BCUT2D eigenvalue weighted by Crippen LogP contribution is 2.16. The van der Waals surface area contributed by atoms with Gasteiger partial charge < -0.3 is 5.32 Å². The van der Waals surface area contributed by atoms with Gasteiger partial charge in [0.15, 0.2) is 0 Å². The number of hydrogen-bond acceptors (Lipinski definition) is 4. The molecule has 0 aliphatic heterocycles. The summed E-state index contributed by atoms with van der Waals surface area (Å²) in [5.41, 5.74) is 3.78. The molecule has 0 spiro atoms. The Kier molecular flexibility index (Phi) is 5.12.